The Bertz CT molecular complexity index is 756. The molecular weight excluding hydrogens is 360 g/mol. The van der Waals surface area contributed by atoms with Crippen molar-refractivity contribution in [3.8, 4) is 0 Å². The maximum atomic E-state index is 11.9. The number of benzene rings is 1. The molecule has 1 aromatic carbocycles. The number of aliphatic hydroxyl groups is 1. The summed E-state index contributed by atoms with van der Waals surface area (Å²) in [6.45, 7) is 9.55. The second-order valence-electron chi connectivity index (χ2n) is 8.57. The summed E-state index contributed by atoms with van der Waals surface area (Å²) in [6, 6.07) is 3.72. The minimum absolute atomic E-state index is 0.168. The average molecular weight is 390 g/mol. The summed E-state index contributed by atoms with van der Waals surface area (Å²) >= 11 is 0. The van der Waals surface area contributed by atoms with Gasteiger partial charge in [-0.15, -0.1) is 0 Å². The minimum Gasteiger partial charge on any atom is -0.457 e. The number of ether oxygens (including phenoxy) is 2. The number of nitrogens with zero attached hydrogens (tertiary/aromatic N) is 1. The van der Waals surface area contributed by atoms with Gasteiger partial charge in [-0.25, -0.2) is 9.59 Å². The van der Waals surface area contributed by atoms with Gasteiger partial charge in [-0.3, -0.25) is 4.90 Å². The maximum Gasteiger partial charge on any atom is 0.407 e. The highest BCUT2D eigenvalue weighted by molar-refractivity contribution is 5.93. The van der Waals surface area contributed by atoms with Gasteiger partial charge in [0.2, 0.25) is 0 Å². The number of rotatable bonds is 5. The number of aliphatic hydroxyl groups excluding tert-OH is 1. The van der Waals surface area contributed by atoms with E-state index >= 15 is 0 Å². The number of amides is 1. The molecular formula is C21H30N2O5. The van der Waals surface area contributed by atoms with Crippen molar-refractivity contribution in [3.05, 3.63) is 34.4 Å². The van der Waals surface area contributed by atoms with Gasteiger partial charge in [0.25, 0.3) is 0 Å². The molecule has 3 rings (SSSR count). The lowest BCUT2D eigenvalue weighted by atomic mass is 9.95. The number of fused-ring (bicyclic) bond motifs is 1. The van der Waals surface area contributed by atoms with Crippen LogP contribution in [0.3, 0.4) is 0 Å². The molecule has 2 atom stereocenters. The first-order chi connectivity index (χ1) is 13.2. The summed E-state index contributed by atoms with van der Waals surface area (Å²) in [5.74, 6) is -0.299. The fraction of sp³-hybridized carbons (Fsp3) is 0.619. The Morgan fingerprint density at radius 2 is 2.18 bits per heavy atom. The molecule has 2 N–H and O–H groups in total. The predicted molar refractivity (Wildman–Crippen MR) is 104 cm³/mol. The Labute approximate surface area is 166 Å². The van der Waals surface area contributed by atoms with Gasteiger partial charge in [-0.2, -0.15) is 0 Å². The van der Waals surface area contributed by atoms with Gasteiger partial charge in [0.15, 0.2) is 0 Å². The fourth-order valence-corrected chi connectivity index (χ4v) is 3.93. The van der Waals surface area contributed by atoms with Crippen LogP contribution in [0.2, 0.25) is 0 Å². The first-order valence-corrected chi connectivity index (χ1v) is 9.84. The molecule has 2 heterocycles. The minimum atomic E-state index is -0.664. The van der Waals surface area contributed by atoms with Crippen molar-refractivity contribution >= 4 is 12.1 Å². The maximum absolute atomic E-state index is 11.9. The Kier molecular flexibility index (Phi) is 5.95. The summed E-state index contributed by atoms with van der Waals surface area (Å²) in [4.78, 5) is 25.8. The number of carbonyl (C=O) groups excluding carboxylic acids is 2. The first kappa shape index (κ1) is 20.6. The number of alkyl carbamates (subject to hydrolysis) is 1. The predicted octanol–water partition coefficient (Wildman–Crippen LogP) is 2.69. The molecule has 1 fully saturated rings. The van der Waals surface area contributed by atoms with Crippen molar-refractivity contribution in [2.75, 3.05) is 19.6 Å². The van der Waals surface area contributed by atoms with Gasteiger partial charge >= 0.3 is 12.1 Å². The number of carbonyl (C=O) groups is 2. The zero-order valence-corrected chi connectivity index (χ0v) is 17.1. The summed E-state index contributed by atoms with van der Waals surface area (Å²) in [5, 5.41) is 13.7. The molecule has 28 heavy (non-hydrogen) atoms. The summed E-state index contributed by atoms with van der Waals surface area (Å²) < 4.78 is 10.4. The van der Waals surface area contributed by atoms with Crippen LogP contribution in [0.4, 0.5) is 4.79 Å². The summed E-state index contributed by atoms with van der Waals surface area (Å²) in [6.07, 6.45) is 0.912. The third-order valence-electron chi connectivity index (χ3n) is 5.35. The SMILES string of the molecule is Cc1c([C@@H](O)CN2CCCC2CNC(=O)OC(C)(C)C)ccc2c1COC2=O. The van der Waals surface area contributed by atoms with Crippen LogP contribution in [0.1, 0.15) is 66.8 Å². The van der Waals surface area contributed by atoms with E-state index in [4.69, 9.17) is 9.47 Å². The smallest absolute Gasteiger partial charge is 0.407 e. The standard InChI is InChI=1S/C21H30N2O5/c1-13-15(7-8-16-17(13)12-27-19(16)25)18(24)11-23-9-5-6-14(23)10-22-20(26)28-21(2,3)4/h7-8,14,18,24H,5-6,9-12H2,1-4H3,(H,22,26)/t14?,18-/m0/s1. The van der Waals surface area contributed by atoms with Crippen molar-refractivity contribution in [2.24, 2.45) is 0 Å². The van der Waals surface area contributed by atoms with Gasteiger partial charge in [0, 0.05) is 24.7 Å². The molecule has 0 spiro atoms. The zero-order chi connectivity index (χ0) is 20.5. The molecule has 0 aromatic heterocycles. The summed E-state index contributed by atoms with van der Waals surface area (Å²) in [5.41, 5.74) is 2.67. The third-order valence-corrected chi connectivity index (χ3v) is 5.35. The van der Waals surface area contributed by atoms with Crippen LogP contribution < -0.4 is 5.32 Å². The molecule has 1 amide bonds. The highest BCUT2D eigenvalue weighted by Gasteiger charge is 2.30. The van der Waals surface area contributed by atoms with E-state index in [1.807, 2.05) is 33.8 Å². The van der Waals surface area contributed by atoms with E-state index in [-0.39, 0.29) is 18.6 Å². The van der Waals surface area contributed by atoms with E-state index < -0.39 is 17.8 Å². The quantitative estimate of drug-likeness (QED) is 0.752. The molecule has 7 nitrogen and oxygen atoms in total. The average Bonchev–Trinajstić information content (AvgIpc) is 3.19. The van der Waals surface area contributed by atoms with Crippen LogP contribution in [0, 0.1) is 6.92 Å². The number of hydrogen-bond acceptors (Lipinski definition) is 6. The molecule has 7 heteroatoms. The van der Waals surface area contributed by atoms with E-state index in [9.17, 15) is 14.7 Å². The van der Waals surface area contributed by atoms with Crippen molar-refractivity contribution in [2.45, 2.75) is 64.9 Å². The molecule has 1 unspecified atom stereocenters. The Morgan fingerprint density at radius 3 is 2.89 bits per heavy atom. The van der Waals surface area contributed by atoms with Crippen LogP contribution in [0.25, 0.3) is 0 Å². The summed E-state index contributed by atoms with van der Waals surface area (Å²) in [7, 11) is 0. The third kappa shape index (κ3) is 4.64. The van der Waals surface area contributed by atoms with E-state index in [2.05, 4.69) is 10.2 Å². The molecule has 0 bridgehead atoms. The number of likely N-dealkylation sites (tertiary alicyclic amines) is 1. The lowest BCUT2D eigenvalue weighted by Crippen LogP contribution is -2.43. The number of cyclic esters (lactones) is 1. The van der Waals surface area contributed by atoms with Crippen LogP contribution >= 0.6 is 0 Å². The first-order valence-electron chi connectivity index (χ1n) is 9.84. The lowest BCUT2D eigenvalue weighted by molar-refractivity contribution is 0.0501. The fourth-order valence-electron chi connectivity index (χ4n) is 3.93. The molecule has 0 aliphatic carbocycles. The van der Waals surface area contributed by atoms with Gasteiger partial charge < -0.3 is 19.9 Å². The zero-order valence-electron chi connectivity index (χ0n) is 17.1. The molecule has 2 aliphatic heterocycles. The number of nitrogens with one attached hydrogen (secondary N) is 1. The van der Waals surface area contributed by atoms with E-state index in [0.29, 0.717) is 18.7 Å². The topological polar surface area (TPSA) is 88.1 Å². The Morgan fingerprint density at radius 1 is 1.43 bits per heavy atom. The molecule has 1 aromatic rings. The number of esters is 1. The van der Waals surface area contributed by atoms with Gasteiger partial charge in [-0.05, 0) is 64.3 Å². The largest absolute Gasteiger partial charge is 0.457 e. The normalized spacial score (nSPS) is 20.6. The molecule has 154 valence electrons. The molecule has 0 saturated carbocycles. The van der Waals surface area contributed by atoms with E-state index in [0.717, 1.165) is 36.1 Å². The van der Waals surface area contributed by atoms with Crippen LogP contribution in [0.15, 0.2) is 12.1 Å². The van der Waals surface area contributed by atoms with Crippen molar-refractivity contribution in [1.29, 1.82) is 0 Å². The van der Waals surface area contributed by atoms with Crippen LogP contribution in [0.5, 0.6) is 0 Å². The number of hydrogen-bond donors (Lipinski definition) is 2. The van der Waals surface area contributed by atoms with Crippen molar-refractivity contribution in [1.82, 2.24) is 10.2 Å². The van der Waals surface area contributed by atoms with Crippen LogP contribution in [-0.4, -0.2) is 53.3 Å². The van der Waals surface area contributed by atoms with E-state index in [1.165, 1.54) is 0 Å². The van der Waals surface area contributed by atoms with Gasteiger partial charge in [0.05, 0.1) is 11.7 Å². The highest BCUT2D eigenvalue weighted by atomic mass is 16.6. The highest BCUT2D eigenvalue weighted by Crippen LogP contribution is 2.30. The van der Waals surface area contributed by atoms with Crippen LogP contribution in [-0.2, 0) is 16.1 Å². The van der Waals surface area contributed by atoms with E-state index in [1.54, 1.807) is 6.07 Å². The second-order valence-corrected chi connectivity index (χ2v) is 8.57. The lowest BCUT2D eigenvalue weighted by Gasteiger charge is -2.28. The van der Waals surface area contributed by atoms with Gasteiger partial charge in [0.1, 0.15) is 12.2 Å². The molecule has 0 radical (unpaired) electrons. The van der Waals surface area contributed by atoms with Gasteiger partial charge in [-0.1, -0.05) is 6.07 Å². The monoisotopic (exact) mass is 390 g/mol. The van der Waals surface area contributed by atoms with Crippen molar-refractivity contribution < 1.29 is 24.2 Å². The Hall–Kier alpha value is -2.12. The molecule has 2 aliphatic rings. The van der Waals surface area contributed by atoms with Crippen molar-refractivity contribution in [3.63, 3.8) is 0 Å². The Balaban J connectivity index is 1.60. The second kappa shape index (κ2) is 8.09. The molecule has 1 saturated heterocycles. The number of β-amino-alcohol motifs (C(OH)–C–C–N with tert-alkyl or cyclic N) is 1.